The summed E-state index contributed by atoms with van der Waals surface area (Å²) in [5.74, 6) is 1.19. The highest BCUT2D eigenvalue weighted by atomic mass is 16.3. The van der Waals surface area contributed by atoms with E-state index in [1.807, 2.05) is 0 Å². The molecule has 1 saturated carbocycles. The van der Waals surface area contributed by atoms with Gasteiger partial charge in [-0.25, -0.2) is 0 Å². The highest BCUT2D eigenvalue weighted by Crippen LogP contribution is 2.39. The summed E-state index contributed by atoms with van der Waals surface area (Å²) in [5.41, 5.74) is 0.499. The molecule has 2 aliphatic rings. The molecule has 3 nitrogen and oxygen atoms in total. The summed E-state index contributed by atoms with van der Waals surface area (Å²) in [7, 11) is 2.11. The quantitative estimate of drug-likeness (QED) is 0.823. The molecule has 0 bridgehead atoms. The first kappa shape index (κ1) is 15.3. The molecule has 0 aromatic heterocycles. The molecule has 2 rings (SSSR count). The lowest BCUT2D eigenvalue weighted by Crippen LogP contribution is -2.50. The average molecular weight is 268 g/mol. The molecule has 112 valence electrons. The zero-order chi connectivity index (χ0) is 14.0. The van der Waals surface area contributed by atoms with E-state index < -0.39 is 0 Å². The second-order valence-corrected chi connectivity index (χ2v) is 7.66. The molecule has 0 spiro atoms. The van der Waals surface area contributed by atoms with Gasteiger partial charge in [0, 0.05) is 25.7 Å². The van der Waals surface area contributed by atoms with Crippen LogP contribution in [-0.4, -0.2) is 48.8 Å². The minimum absolute atomic E-state index is 0.0841. The van der Waals surface area contributed by atoms with Crippen LogP contribution in [0.3, 0.4) is 0 Å². The van der Waals surface area contributed by atoms with Crippen molar-refractivity contribution in [3.05, 3.63) is 0 Å². The van der Waals surface area contributed by atoms with Gasteiger partial charge in [-0.05, 0) is 50.0 Å². The fourth-order valence-electron chi connectivity index (χ4n) is 4.02. The molecule has 0 radical (unpaired) electrons. The van der Waals surface area contributed by atoms with Gasteiger partial charge in [0.25, 0.3) is 0 Å². The van der Waals surface area contributed by atoms with E-state index >= 15 is 0 Å². The summed E-state index contributed by atoms with van der Waals surface area (Å²) in [6, 6.07) is 0.676. The first-order chi connectivity index (χ1) is 8.91. The van der Waals surface area contributed by atoms with Gasteiger partial charge in [-0.3, -0.25) is 0 Å². The third-order valence-electron chi connectivity index (χ3n) is 5.32. The van der Waals surface area contributed by atoms with E-state index in [-0.39, 0.29) is 6.10 Å². The summed E-state index contributed by atoms with van der Waals surface area (Å²) in [6.07, 6.45) is 4.83. The molecule has 1 aliphatic heterocycles. The lowest BCUT2D eigenvalue weighted by Gasteiger charge is -2.44. The fraction of sp³-hybridized carbons (Fsp3) is 1.00. The monoisotopic (exact) mass is 268 g/mol. The summed E-state index contributed by atoms with van der Waals surface area (Å²) in [4.78, 5) is 2.58. The number of rotatable bonds is 3. The number of hydrogen-bond acceptors (Lipinski definition) is 3. The van der Waals surface area contributed by atoms with Crippen LogP contribution in [-0.2, 0) is 0 Å². The van der Waals surface area contributed by atoms with Gasteiger partial charge in [0.1, 0.15) is 0 Å². The third kappa shape index (κ3) is 3.93. The maximum atomic E-state index is 9.84. The molecule has 4 atom stereocenters. The number of likely N-dealkylation sites (tertiary alicyclic amines) is 1. The van der Waals surface area contributed by atoms with Crippen molar-refractivity contribution < 1.29 is 5.11 Å². The molecular weight excluding hydrogens is 236 g/mol. The number of nitrogens with zero attached hydrogens (tertiary/aromatic N) is 1. The number of hydrogen-bond donors (Lipinski definition) is 2. The number of aliphatic hydroxyl groups excluding tert-OH is 1. The van der Waals surface area contributed by atoms with E-state index in [0.29, 0.717) is 17.4 Å². The summed E-state index contributed by atoms with van der Waals surface area (Å²) in [5, 5.41) is 13.4. The Hall–Kier alpha value is -0.120. The van der Waals surface area contributed by atoms with Crippen LogP contribution >= 0.6 is 0 Å². The van der Waals surface area contributed by atoms with Crippen LogP contribution in [0.2, 0.25) is 0 Å². The Bertz CT molecular complexity index is 292. The minimum Gasteiger partial charge on any atom is -0.393 e. The molecule has 2 N–H and O–H groups in total. The number of piperidine rings is 1. The van der Waals surface area contributed by atoms with Crippen molar-refractivity contribution in [2.24, 2.45) is 17.3 Å². The zero-order valence-electron chi connectivity index (χ0n) is 13.2. The van der Waals surface area contributed by atoms with Crippen LogP contribution in [0.15, 0.2) is 0 Å². The van der Waals surface area contributed by atoms with Gasteiger partial charge in [-0.15, -0.1) is 0 Å². The Morgan fingerprint density at radius 3 is 2.68 bits per heavy atom. The molecule has 1 heterocycles. The largest absolute Gasteiger partial charge is 0.393 e. The van der Waals surface area contributed by atoms with Gasteiger partial charge in [-0.1, -0.05) is 20.8 Å². The van der Waals surface area contributed by atoms with Crippen LogP contribution < -0.4 is 5.32 Å². The molecular formula is C16H32N2O. The molecule has 0 aromatic carbocycles. The van der Waals surface area contributed by atoms with Crippen molar-refractivity contribution in [2.45, 2.75) is 58.6 Å². The summed E-state index contributed by atoms with van der Waals surface area (Å²) in [6.45, 7) is 10.3. The SMILES string of the molecule is CNC1CCC(C)(C)CC1CN1CCC(O)C(C)C1. The predicted molar refractivity (Wildman–Crippen MR) is 80.2 cm³/mol. The normalized spacial score (nSPS) is 40.3. The van der Waals surface area contributed by atoms with Gasteiger partial charge in [0.2, 0.25) is 0 Å². The topological polar surface area (TPSA) is 35.5 Å². The smallest absolute Gasteiger partial charge is 0.0590 e. The maximum Gasteiger partial charge on any atom is 0.0590 e. The second kappa shape index (κ2) is 6.11. The van der Waals surface area contributed by atoms with Gasteiger partial charge in [0.05, 0.1) is 6.10 Å². The van der Waals surface area contributed by atoms with Crippen molar-refractivity contribution >= 4 is 0 Å². The number of nitrogens with one attached hydrogen (secondary N) is 1. The maximum absolute atomic E-state index is 9.84. The second-order valence-electron chi connectivity index (χ2n) is 7.66. The standard InChI is InChI=1S/C16H32N2O/c1-12-10-18(8-6-15(12)19)11-13-9-16(2,3)7-5-14(13)17-4/h12-15,17,19H,5-11H2,1-4H3. The molecule has 4 unspecified atom stereocenters. The van der Waals surface area contributed by atoms with Crippen molar-refractivity contribution in [3.8, 4) is 0 Å². The van der Waals surface area contributed by atoms with E-state index in [2.05, 4.69) is 38.0 Å². The van der Waals surface area contributed by atoms with E-state index in [0.717, 1.165) is 25.4 Å². The molecule has 19 heavy (non-hydrogen) atoms. The lowest BCUT2D eigenvalue weighted by atomic mass is 9.69. The molecule has 3 heteroatoms. The van der Waals surface area contributed by atoms with Crippen LogP contribution in [0.5, 0.6) is 0 Å². The first-order valence-corrected chi connectivity index (χ1v) is 7.99. The van der Waals surface area contributed by atoms with Gasteiger partial charge in [-0.2, -0.15) is 0 Å². The summed E-state index contributed by atoms with van der Waals surface area (Å²) >= 11 is 0. The Labute approximate surface area is 118 Å². The molecule has 1 aliphatic carbocycles. The van der Waals surface area contributed by atoms with Gasteiger partial charge in [0.15, 0.2) is 0 Å². The minimum atomic E-state index is -0.0841. The summed E-state index contributed by atoms with van der Waals surface area (Å²) < 4.78 is 0. The Kier molecular flexibility index (Phi) is 4.91. The highest BCUT2D eigenvalue weighted by Gasteiger charge is 2.36. The van der Waals surface area contributed by atoms with Crippen LogP contribution in [0, 0.1) is 17.3 Å². The van der Waals surface area contributed by atoms with E-state index in [4.69, 9.17) is 0 Å². The fourth-order valence-corrected chi connectivity index (χ4v) is 4.02. The lowest BCUT2D eigenvalue weighted by molar-refractivity contribution is 0.0168. The predicted octanol–water partition coefficient (Wildman–Crippen LogP) is 2.10. The van der Waals surface area contributed by atoms with Crippen LogP contribution in [0.25, 0.3) is 0 Å². The molecule has 0 amide bonds. The Morgan fingerprint density at radius 2 is 2.05 bits per heavy atom. The Balaban J connectivity index is 1.92. The van der Waals surface area contributed by atoms with Crippen LogP contribution in [0.1, 0.15) is 46.5 Å². The van der Waals surface area contributed by atoms with E-state index in [9.17, 15) is 5.11 Å². The van der Waals surface area contributed by atoms with Gasteiger partial charge >= 0.3 is 0 Å². The zero-order valence-corrected chi connectivity index (χ0v) is 13.2. The van der Waals surface area contributed by atoms with E-state index in [1.165, 1.54) is 25.8 Å². The molecule has 0 aromatic rings. The van der Waals surface area contributed by atoms with Crippen molar-refractivity contribution in [2.75, 3.05) is 26.7 Å². The Morgan fingerprint density at radius 1 is 1.32 bits per heavy atom. The molecule has 1 saturated heterocycles. The van der Waals surface area contributed by atoms with Crippen molar-refractivity contribution in [1.82, 2.24) is 10.2 Å². The highest BCUT2D eigenvalue weighted by molar-refractivity contribution is 4.90. The van der Waals surface area contributed by atoms with Crippen molar-refractivity contribution in [1.29, 1.82) is 0 Å². The van der Waals surface area contributed by atoms with Crippen molar-refractivity contribution in [3.63, 3.8) is 0 Å². The third-order valence-corrected chi connectivity index (χ3v) is 5.32. The number of aliphatic hydroxyl groups is 1. The average Bonchev–Trinajstić information content (AvgIpc) is 2.33. The van der Waals surface area contributed by atoms with E-state index in [1.54, 1.807) is 0 Å². The van der Waals surface area contributed by atoms with Gasteiger partial charge < -0.3 is 15.3 Å². The first-order valence-electron chi connectivity index (χ1n) is 7.99. The van der Waals surface area contributed by atoms with Crippen LogP contribution in [0.4, 0.5) is 0 Å². The molecule has 2 fully saturated rings.